The Morgan fingerprint density at radius 2 is 1.75 bits per heavy atom. The third-order valence-corrected chi connectivity index (χ3v) is 7.04. The molecular weight excluding hydrogens is 409 g/mol. The molecule has 3 heterocycles. The maximum Gasteiger partial charge on any atom is 0.276 e. The standard InChI is InChI=1S/C24H30FN5O2/c25-19-1-3-20(4-2-19)27-24(31)22-5-6-23(29-28-22)26-21-11-17-14-30(15-18(17)12-21)13-16-7-9-32-10-8-16/h1-6,16-18,21H,7-15H2,(H,26,29)(H,27,31)/t17-,18+,21?. The average molecular weight is 440 g/mol. The van der Waals surface area contributed by atoms with E-state index in [4.69, 9.17) is 4.74 Å². The number of aromatic nitrogens is 2. The molecule has 1 aromatic heterocycles. The molecule has 2 N–H and O–H groups in total. The van der Waals surface area contributed by atoms with Gasteiger partial charge in [0, 0.05) is 44.6 Å². The first-order chi connectivity index (χ1) is 15.6. The lowest BCUT2D eigenvalue weighted by Gasteiger charge is -2.27. The number of rotatable bonds is 6. The highest BCUT2D eigenvalue weighted by atomic mass is 19.1. The minimum Gasteiger partial charge on any atom is -0.381 e. The van der Waals surface area contributed by atoms with Gasteiger partial charge in [0.2, 0.25) is 0 Å². The van der Waals surface area contributed by atoms with Crippen LogP contribution in [0.3, 0.4) is 0 Å². The number of fused-ring (bicyclic) bond motifs is 1. The topological polar surface area (TPSA) is 79.4 Å². The van der Waals surface area contributed by atoms with E-state index < -0.39 is 0 Å². The molecule has 170 valence electrons. The van der Waals surface area contributed by atoms with Crippen molar-refractivity contribution >= 4 is 17.4 Å². The first-order valence-corrected chi connectivity index (χ1v) is 11.6. The monoisotopic (exact) mass is 439 g/mol. The van der Waals surface area contributed by atoms with E-state index in [-0.39, 0.29) is 17.4 Å². The average Bonchev–Trinajstić information content (AvgIpc) is 3.34. The molecule has 0 bridgehead atoms. The van der Waals surface area contributed by atoms with Gasteiger partial charge in [-0.05, 0) is 79.8 Å². The van der Waals surface area contributed by atoms with Crippen molar-refractivity contribution in [2.75, 3.05) is 43.5 Å². The Kier molecular flexibility index (Phi) is 6.32. The lowest BCUT2D eigenvalue weighted by molar-refractivity contribution is 0.0545. The number of halogens is 1. The fraction of sp³-hybridized carbons (Fsp3) is 0.542. The molecule has 2 aliphatic heterocycles. The molecule has 1 aliphatic carbocycles. The molecule has 5 rings (SSSR count). The SMILES string of the molecule is O=C(Nc1ccc(F)cc1)c1ccc(NC2C[C@@H]3CN(CC4CCOCC4)C[C@@H]3C2)nn1. The van der Waals surface area contributed by atoms with Crippen LogP contribution in [-0.2, 0) is 4.74 Å². The van der Waals surface area contributed by atoms with Crippen molar-refractivity contribution in [1.82, 2.24) is 15.1 Å². The number of carbonyl (C=O) groups excluding carboxylic acids is 1. The van der Waals surface area contributed by atoms with Crippen LogP contribution in [0.4, 0.5) is 15.9 Å². The number of nitrogens with one attached hydrogen (secondary N) is 2. The Hall–Kier alpha value is -2.58. The maximum atomic E-state index is 13.0. The van der Waals surface area contributed by atoms with E-state index in [2.05, 4.69) is 25.7 Å². The molecule has 3 atom stereocenters. The van der Waals surface area contributed by atoms with Gasteiger partial charge >= 0.3 is 0 Å². The van der Waals surface area contributed by atoms with Crippen LogP contribution in [0.5, 0.6) is 0 Å². The fourth-order valence-corrected chi connectivity index (χ4v) is 5.43. The number of likely N-dealkylation sites (tertiary alicyclic amines) is 1. The van der Waals surface area contributed by atoms with Gasteiger partial charge in [-0.15, -0.1) is 10.2 Å². The zero-order valence-corrected chi connectivity index (χ0v) is 18.2. The summed E-state index contributed by atoms with van der Waals surface area (Å²) in [5.41, 5.74) is 0.746. The van der Waals surface area contributed by atoms with Gasteiger partial charge in [0.15, 0.2) is 5.69 Å². The molecule has 1 saturated carbocycles. The summed E-state index contributed by atoms with van der Waals surface area (Å²) in [7, 11) is 0. The van der Waals surface area contributed by atoms with Crippen LogP contribution in [0, 0.1) is 23.6 Å². The second-order valence-electron chi connectivity index (χ2n) is 9.37. The summed E-state index contributed by atoms with van der Waals surface area (Å²) in [6.07, 6.45) is 4.71. The van der Waals surface area contributed by atoms with Crippen LogP contribution in [-0.4, -0.2) is 59.9 Å². The van der Waals surface area contributed by atoms with Gasteiger partial charge in [-0.2, -0.15) is 0 Å². The smallest absolute Gasteiger partial charge is 0.276 e. The predicted molar refractivity (Wildman–Crippen MR) is 120 cm³/mol. The van der Waals surface area contributed by atoms with E-state index in [1.54, 1.807) is 12.1 Å². The first kappa shape index (κ1) is 21.3. The van der Waals surface area contributed by atoms with Gasteiger partial charge in [-0.25, -0.2) is 4.39 Å². The van der Waals surface area contributed by atoms with Crippen molar-refractivity contribution < 1.29 is 13.9 Å². The van der Waals surface area contributed by atoms with Gasteiger partial charge < -0.3 is 20.3 Å². The summed E-state index contributed by atoms with van der Waals surface area (Å²) in [6.45, 7) is 5.47. The highest BCUT2D eigenvalue weighted by Gasteiger charge is 2.41. The summed E-state index contributed by atoms with van der Waals surface area (Å²) in [5.74, 6) is 2.29. The molecule has 0 spiro atoms. The Morgan fingerprint density at radius 1 is 1.03 bits per heavy atom. The lowest BCUT2D eigenvalue weighted by Crippen LogP contribution is -2.32. The van der Waals surface area contributed by atoms with E-state index in [1.807, 2.05) is 0 Å². The maximum absolute atomic E-state index is 13.0. The summed E-state index contributed by atoms with van der Waals surface area (Å²) in [5, 5.41) is 14.5. The third kappa shape index (κ3) is 5.07. The predicted octanol–water partition coefficient (Wildman–Crippen LogP) is 3.42. The Morgan fingerprint density at radius 3 is 2.41 bits per heavy atom. The number of ether oxygens (including phenoxy) is 1. The van der Waals surface area contributed by atoms with Crippen molar-refractivity contribution in [2.45, 2.75) is 31.7 Å². The number of benzene rings is 1. The number of nitrogens with zero attached hydrogens (tertiary/aromatic N) is 3. The molecule has 1 unspecified atom stereocenters. The van der Waals surface area contributed by atoms with Crippen molar-refractivity contribution in [3.05, 3.63) is 47.9 Å². The Labute approximate surface area is 187 Å². The van der Waals surface area contributed by atoms with Crippen molar-refractivity contribution in [1.29, 1.82) is 0 Å². The fourth-order valence-electron chi connectivity index (χ4n) is 5.43. The van der Waals surface area contributed by atoms with E-state index in [1.165, 1.54) is 56.7 Å². The zero-order chi connectivity index (χ0) is 21.9. The third-order valence-electron chi connectivity index (χ3n) is 7.04. The molecular formula is C24H30FN5O2. The first-order valence-electron chi connectivity index (χ1n) is 11.6. The molecule has 7 nitrogen and oxygen atoms in total. The minimum absolute atomic E-state index is 0.229. The van der Waals surface area contributed by atoms with Crippen molar-refractivity contribution in [3.63, 3.8) is 0 Å². The van der Waals surface area contributed by atoms with Crippen molar-refractivity contribution in [2.24, 2.45) is 17.8 Å². The lowest BCUT2D eigenvalue weighted by atomic mass is 10.00. The van der Waals surface area contributed by atoms with E-state index in [0.717, 1.165) is 43.8 Å². The second kappa shape index (κ2) is 9.50. The highest BCUT2D eigenvalue weighted by Crippen LogP contribution is 2.39. The van der Waals surface area contributed by atoms with Crippen LogP contribution < -0.4 is 10.6 Å². The minimum atomic E-state index is -0.365. The number of carbonyl (C=O) groups is 1. The van der Waals surface area contributed by atoms with Crippen molar-refractivity contribution in [3.8, 4) is 0 Å². The molecule has 2 aromatic rings. The van der Waals surface area contributed by atoms with Gasteiger partial charge in [-0.3, -0.25) is 4.79 Å². The molecule has 1 amide bonds. The molecule has 3 fully saturated rings. The van der Waals surface area contributed by atoms with Crippen LogP contribution in [0.25, 0.3) is 0 Å². The number of hydrogen-bond donors (Lipinski definition) is 2. The Bertz CT molecular complexity index is 903. The molecule has 0 radical (unpaired) electrons. The molecule has 3 aliphatic rings. The van der Waals surface area contributed by atoms with E-state index >= 15 is 0 Å². The highest BCUT2D eigenvalue weighted by molar-refractivity contribution is 6.02. The number of hydrogen-bond acceptors (Lipinski definition) is 6. The summed E-state index contributed by atoms with van der Waals surface area (Å²) in [4.78, 5) is 15.0. The summed E-state index contributed by atoms with van der Waals surface area (Å²) in [6, 6.07) is 9.50. The van der Waals surface area contributed by atoms with Crippen LogP contribution >= 0.6 is 0 Å². The Balaban J connectivity index is 1.09. The zero-order valence-electron chi connectivity index (χ0n) is 18.2. The van der Waals surface area contributed by atoms with Gasteiger partial charge in [-0.1, -0.05) is 0 Å². The molecule has 8 heteroatoms. The molecule has 32 heavy (non-hydrogen) atoms. The van der Waals surface area contributed by atoms with E-state index in [9.17, 15) is 9.18 Å². The van der Waals surface area contributed by atoms with Gasteiger partial charge in [0.25, 0.3) is 5.91 Å². The number of anilines is 2. The molecule has 2 saturated heterocycles. The van der Waals surface area contributed by atoms with Gasteiger partial charge in [0.05, 0.1) is 0 Å². The van der Waals surface area contributed by atoms with Gasteiger partial charge in [0.1, 0.15) is 11.6 Å². The van der Waals surface area contributed by atoms with Crippen LogP contribution in [0.15, 0.2) is 36.4 Å². The second-order valence-corrected chi connectivity index (χ2v) is 9.37. The number of amides is 1. The summed E-state index contributed by atoms with van der Waals surface area (Å²) >= 11 is 0. The largest absolute Gasteiger partial charge is 0.381 e. The quantitative estimate of drug-likeness (QED) is 0.718. The van der Waals surface area contributed by atoms with Crippen LogP contribution in [0.2, 0.25) is 0 Å². The summed E-state index contributed by atoms with van der Waals surface area (Å²) < 4.78 is 18.5. The van der Waals surface area contributed by atoms with Crippen LogP contribution in [0.1, 0.15) is 36.2 Å². The molecule has 1 aromatic carbocycles. The van der Waals surface area contributed by atoms with E-state index in [0.29, 0.717) is 17.5 Å². The normalized spacial score (nSPS) is 26.1.